The molecule has 0 amide bonds. The van der Waals surface area contributed by atoms with E-state index < -0.39 is 0 Å². The van der Waals surface area contributed by atoms with Gasteiger partial charge in [-0.25, -0.2) is 0 Å². The summed E-state index contributed by atoms with van der Waals surface area (Å²) in [6, 6.07) is 61.2. The fourth-order valence-corrected chi connectivity index (χ4v) is 8.67. The minimum atomic E-state index is -0.0471. The second-order valence-electron chi connectivity index (χ2n) is 14.9. The maximum absolute atomic E-state index is 2.44. The molecule has 0 bridgehead atoms. The van der Waals surface area contributed by atoms with Crippen molar-refractivity contribution in [3.63, 3.8) is 0 Å². The monoisotopic (exact) mass is 636 g/mol. The van der Waals surface area contributed by atoms with Gasteiger partial charge < -0.3 is 0 Å². The van der Waals surface area contributed by atoms with Gasteiger partial charge in [0.15, 0.2) is 0 Å². The minimum absolute atomic E-state index is 0.0471. The van der Waals surface area contributed by atoms with Crippen LogP contribution in [-0.4, -0.2) is 0 Å². The standard InChI is InChI=1S/C50H36/c1-50(2,3)49-44-16-7-6-15-42(44)48(41-17-9-11-33-10-4-5-14-40(33)41)43-27-26-36(30-45(43)49)31-18-20-32(21-19-31)39-28-37-24-22-34-12-8-13-35-23-25-38(29-39)47(37)46(34)35/h4-30H,1-3H3. The van der Waals surface area contributed by atoms with Gasteiger partial charge in [0.05, 0.1) is 0 Å². The molecule has 0 atom stereocenters. The Labute approximate surface area is 292 Å². The van der Waals surface area contributed by atoms with Gasteiger partial charge in [-0.15, -0.1) is 0 Å². The first-order chi connectivity index (χ1) is 24.4. The molecule has 0 unspecified atom stereocenters. The van der Waals surface area contributed by atoms with E-state index in [1.165, 1.54) is 104 Å². The highest BCUT2D eigenvalue weighted by Crippen LogP contribution is 2.46. The van der Waals surface area contributed by atoms with Crippen molar-refractivity contribution in [2.75, 3.05) is 0 Å². The topological polar surface area (TPSA) is 0 Å². The molecular weight excluding hydrogens is 601 g/mol. The molecule has 0 nitrogen and oxygen atoms in total. The van der Waals surface area contributed by atoms with Crippen LogP contribution in [0.25, 0.3) is 98.0 Å². The van der Waals surface area contributed by atoms with Gasteiger partial charge in [-0.2, -0.15) is 0 Å². The third kappa shape index (κ3) is 4.38. The molecule has 10 aromatic rings. The van der Waals surface area contributed by atoms with E-state index in [9.17, 15) is 0 Å². The molecule has 0 heterocycles. The minimum Gasteiger partial charge on any atom is -0.0616 e. The summed E-state index contributed by atoms with van der Waals surface area (Å²) in [6.07, 6.45) is 0. The van der Waals surface area contributed by atoms with E-state index in [1.807, 2.05) is 0 Å². The highest BCUT2D eigenvalue weighted by Gasteiger charge is 2.24. The van der Waals surface area contributed by atoms with Crippen molar-refractivity contribution < 1.29 is 0 Å². The van der Waals surface area contributed by atoms with Crippen molar-refractivity contribution in [2.24, 2.45) is 0 Å². The molecule has 0 aliphatic carbocycles. The van der Waals surface area contributed by atoms with Crippen LogP contribution in [0.1, 0.15) is 26.3 Å². The summed E-state index contributed by atoms with van der Waals surface area (Å²) in [7, 11) is 0. The zero-order chi connectivity index (χ0) is 33.6. The fraction of sp³-hybridized carbons (Fsp3) is 0.0800. The Morgan fingerprint density at radius 2 is 0.820 bits per heavy atom. The Balaban J connectivity index is 1.14. The summed E-state index contributed by atoms with van der Waals surface area (Å²) in [5, 5.41) is 15.8. The molecular formula is C50H36. The van der Waals surface area contributed by atoms with E-state index in [4.69, 9.17) is 0 Å². The Kier molecular flexibility index (Phi) is 6.24. The van der Waals surface area contributed by atoms with Crippen LogP contribution in [0.4, 0.5) is 0 Å². The quantitative estimate of drug-likeness (QED) is 0.134. The maximum atomic E-state index is 2.44. The van der Waals surface area contributed by atoms with Crippen LogP contribution in [0.3, 0.4) is 0 Å². The van der Waals surface area contributed by atoms with Crippen LogP contribution < -0.4 is 0 Å². The second-order valence-corrected chi connectivity index (χ2v) is 14.9. The molecule has 0 fully saturated rings. The lowest BCUT2D eigenvalue weighted by Gasteiger charge is -2.27. The zero-order valence-electron chi connectivity index (χ0n) is 28.6. The molecule has 10 rings (SSSR count). The lowest BCUT2D eigenvalue weighted by molar-refractivity contribution is 0.601. The second kappa shape index (κ2) is 10.8. The van der Waals surface area contributed by atoms with E-state index in [2.05, 4.69) is 185 Å². The summed E-state index contributed by atoms with van der Waals surface area (Å²) in [5.74, 6) is 0. The smallest absolute Gasteiger partial charge is 0.00204 e. The molecule has 0 saturated carbocycles. The largest absolute Gasteiger partial charge is 0.0616 e. The normalized spacial score (nSPS) is 12.3. The predicted molar refractivity (Wildman–Crippen MR) is 218 cm³/mol. The van der Waals surface area contributed by atoms with E-state index in [-0.39, 0.29) is 5.41 Å². The Bertz CT molecular complexity index is 2870. The summed E-state index contributed by atoms with van der Waals surface area (Å²) in [6.45, 7) is 7.05. The van der Waals surface area contributed by atoms with Gasteiger partial charge in [0.1, 0.15) is 0 Å². The number of hydrogen-bond acceptors (Lipinski definition) is 0. The lowest BCUT2D eigenvalue weighted by atomic mass is 9.77. The molecule has 0 heteroatoms. The van der Waals surface area contributed by atoms with Crippen LogP contribution in [0.5, 0.6) is 0 Å². The van der Waals surface area contributed by atoms with E-state index >= 15 is 0 Å². The van der Waals surface area contributed by atoms with Crippen LogP contribution in [-0.2, 0) is 5.41 Å². The predicted octanol–water partition coefficient (Wildman–Crippen LogP) is 14.3. The Morgan fingerprint density at radius 1 is 0.320 bits per heavy atom. The van der Waals surface area contributed by atoms with Crippen LogP contribution in [0.2, 0.25) is 0 Å². The first-order valence-corrected chi connectivity index (χ1v) is 17.7. The van der Waals surface area contributed by atoms with Crippen molar-refractivity contribution >= 4 is 64.6 Å². The van der Waals surface area contributed by atoms with Crippen molar-refractivity contribution in [1.82, 2.24) is 0 Å². The number of fused-ring (bicyclic) bond motifs is 3. The third-order valence-corrected chi connectivity index (χ3v) is 10.8. The summed E-state index contributed by atoms with van der Waals surface area (Å²) in [4.78, 5) is 0. The van der Waals surface area contributed by atoms with Crippen molar-refractivity contribution in [2.45, 2.75) is 26.2 Å². The molecule has 0 N–H and O–H groups in total. The van der Waals surface area contributed by atoms with Crippen molar-refractivity contribution in [1.29, 1.82) is 0 Å². The van der Waals surface area contributed by atoms with Crippen LogP contribution in [0, 0.1) is 0 Å². The number of benzene rings is 10. The van der Waals surface area contributed by atoms with Crippen molar-refractivity contribution in [3.05, 3.63) is 169 Å². The molecule has 0 aliphatic rings. The van der Waals surface area contributed by atoms with Crippen LogP contribution in [0.15, 0.2) is 164 Å². The molecule has 50 heavy (non-hydrogen) atoms. The van der Waals surface area contributed by atoms with Crippen LogP contribution >= 0.6 is 0 Å². The first kappa shape index (κ1) is 29.0. The van der Waals surface area contributed by atoms with E-state index in [0.717, 1.165) is 0 Å². The average Bonchev–Trinajstić information content (AvgIpc) is 3.15. The van der Waals surface area contributed by atoms with Gasteiger partial charge in [0, 0.05) is 0 Å². The average molecular weight is 637 g/mol. The summed E-state index contributed by atoms with van der Waals surface area (Å²) < 4.78 is 0. The molecule has 0 radical (unpaired) electrons. The third-order valence-electron chi connectivity index (χ3n) is 10.8. The number of rotatable bonds is 3. The maximum Gasteiger partial charge on any atom is -0.00204 e. The highest BCUT2D eigenvalue weighted by molar-refractivity contribution is 6.24. The fourth-order valence-electron chi connectivity index (χ4n) is 8.67. The van der Waals surface area contributed by atoms with Gasteiger partial charge in [-0.05, 0) is 127 Å². The van der Waals surface area contributed by atoms with E-state index in [0.29, 0.717) is 0 Å². The molecule has 0 aromatic heterocycles. The van der Waals surface area contributed by atoms with Gasteiger partial charge in [-0.3, -0.25) is 0 Å². The highest BCUT2D eigenvalue weighted by atomic mass is 14.3. The first-order valence-electron chi connectivity index (χ1n) is 17.7. The molecule has 10 aromatic carbocycles. The van der Waals surface area contributed by atoms with E-state index in [1.54, 1.807) is 0 Å². The molecule has 0 saturated heterocycles. The zero-order valence-corrected chi connectivity index (χ0v) is 28.6. The molecule has 0 spiro atoms. The molecule has 236 valence electrons. The Morgan fingerprint density at radius 3 is 1.52 bits per heavy atom. The molecule has 0 aliphatic heterocycles. The van der Waals surface area contributed by atoms with Gasteiger partial charge in [0.25, 0.3) is 0 Å². The lowest BCUT2D eigenvalue weighted by Crippen LogP contribution is -2.13. The van der Waals surface area contributed by atoms with Gasteiger partial charge in [0.2, 0.25) is 0 Å². The summed E-state index contributed by atoms with van der Waals surface area (Å²) in [5.41, 5.74) is 8.92. The number of hydrogen-bond donors (Lipinski definition) is 0. The Hall–Kier alpha value is -5.98. The SMILES string of the molecule is CC(C)(C)c1c2ccccc2c(-c2cccc3ccccc23)c2ccc(-c3ccc(-c4cc5ccc6cccc7ccc(c4)c5c67)cc3)cc12. The van der Waals surface area contributed by atoms with Gasteiger partial charge >= 0.3 is 0 Å². The van der Waals surface area contributed by atoms with Gasteiger partial charge in [-0.1, -0.05) is 166 Å². The summed E-state index contributed by atoms with van der Waals surface area (Å²) >= 11 is 0. The van der Waals surface area contributed by atoms with Crippen molar-refractivity contribution in [3.8, 4) is 33.4 Å².